The van der Waals surface area contributed by atoms with Crippen LogP contribution in [0.3, 0.4) is 0 Å². The molecule has 4 fully saturated rings. The monoisotopic (exact) mass is 456 g/mol. The summed E-state index contributed by atoms with van der Waals surface area (Å²) >= 11 is 0. The lowest BCUT2D eigenvalue weighted by Crippen LogP contribution is -2.59. The first kappa shape index (κ1) is 23.7. The maximum Gasteiger partial charge on any atom is 0.408 e. The van der Waals surface area contributed by atoms with Gasteiger partial charge >= 0.3 is 6.09 Å². The summed E-state index contributed by atoms with van der Waals surface area (Å²) in [5.41, 5.74) is 2.87. The van der Waals surface area contributed by atoms with E-state index in [9.17, 15) is 14.7 Å². The molecule has 182 valence electrons. The van der Waals surface area contributed by atoms with Gasteiger partial charge in [-0.2, -0.15) is 0 Å². The number of nitrogens with two attached hydrogens (primary N) is 1. The summed E-state index contributed by atoms with van der Waals surface area (Å²) in [6, 6.07) is -1.29. The van der Waals surface area contributed by atoms with Crippen molar-refractivity contribution in [2.75, 3.05) is 13.7 Å². The molecule has 10 nitrogen and oxygen atoms in total. The molecule has 3 saturated heterocycles. The molecule has 4 rings (SSSR count). The summed E-state index contributed by atoms with van der Waals surface area (Å²) in [7, 11) is 1.59. The number of nitrogens with one attached hydrogen (secondary N) is 1. The molecule has 3 heterocycles. The minimum absolute atomic E-state index is 0.0139. The highest BCUT2D eigenvalue weighted by molar-refractivity contribution is 5.85. The van der Waals surface area contributed by atoms with Crippen molar-refractivity contribution in [2.24, 2.45) is 11.7 Å². The van der Waals surface area contributed by atoms with Gasteiger partial charge in [-0.3, -0.25) is 4.79 Å². The maximum atomic E-state index is 12.6. The molecule has 0 radical (unpaired) electrons. The molecule has 0 aromatic carbocycles. The van der Waals surface area contributed by atoms with Gasteiger partial charge in [0.2, 0.25) is 5.91 Å². The number of carbonyl (C=O) groups excluding carboxylic acids is 2. The van der Waals surface area contributed by atoms with Gasteiger partial charge in [0.25, 0.3) is 0 Å². The van der Waals surface area contributed by atoms with E-state index in [-0.39, 0.29) is 29.3 Å². The van der Waals surface area contributed by atoms with Crippen LogP contribution in [0.15, 0.2) is 0 Å². The Kier molecular flexibility index (Phi) is 5.57. The van der Waals surface area contributed by atoms with Crippen LogP contribution in [0.2, 0.25) is 0 Å². The van der Waals surface area contributed by atoms with Crippen LogP contribution in [0.25, 0.3) is 0 Å². The molecular formula is C22H36N2O8. The molecule has 4 N–H and O–H groups in total. The van der Waals surface area contributed by atoms with Crippen molar-refractivity contribution in [3.05, 3.63) is 0 Å². The third-order valence-electron chi connectivity index (χ3n) is 7.60. The second-order valence-electron chi connectivity index (χ2n) is 10.9. The van der Waals surface area contributed by atoms with Gasteiger partial charge in [0.15, 0.2) is 0 Å². The zero-order valence-corrected chi connectivity index (χ0v) is 19.7. The second-order valence-corrected chi connectivity index (χ2v) is 10.9. The van der Waals surface area contributed by atoms with Crippen molar-refractivity contribution in [1.82, 2.24) is 5.32 Å². The van der Waals surface area contributed by atoms with Gasteiger partial charge in [0.05, 0.1) is 35.9 Å². The minimum Gasteiger partial charge on any atom is -0.443 e. The van der Waals surface area contributed by atoms with E-state index in [4.69, 9.17) is 29.4 Å². The first-order chi connectivity index (χ1) is 14.7. The summed E-state index contributed by atoms with van der Waals surface area (Å²) in [4.78, 5) is 24.3. The van der Waals surface area contributed by atoms with Gasteiger partial charge in [-0.25, -0.2) is 4.79 Å². The summed E-state index contributed by atoms with van der Waals surface area (Å²) in [5.74, 6) is -0.976. The SMILES string of the molecule is CO[C@@H]1[C@H](OC(=O)N[C@@H](C(N)=O)C(C)(C)O)CC[C@]2(CO2)[C@H]1[C@@]1(C)O[C@@H]1C[C@@H]1OC1(C)C. The Labute approximate surface area is 188 Å². The zero-order valence-electron chi connectivity index (χ0n) is 19.7. The van der Waals surface area contributed by atoms with Crippen LogP contribution < -0.4 is 11.1 Å². The van der Waals surface area contributed by atoms with Gasteiger partial charge < -0.3 is 39.8 Å². The normalized spacial score (nSPS) is 42.8. The quantitative estimate of drug-likeness (QED) is 0.450. The van der Waals surface area contributed by atoms with E-state index < -0.39 is 41.5 Å². The smallest absolute Gasteiger partial charge is 0.408 e. The predicted molar refractivity (Wildman–Crippen MR) is 112 cm³/mol. The molecule has 0 aromatic rings. The van der Waals surface area contributed by atoms with E-state index in [1.807, 2.05) is 0 Å². The van der Waals surface area contributed by atoms with Crippen LogP contribution in [0, 0.1) is 5.92 Å². The molecule has 2 amide bonds. The largest absolute Gasteiger partial charge is 0.443 e. The highest BCUT2D eigenvalue weighted by atomic mass is 16.6. The van der Waals surface area contributed by atoms with Gasteiger partial charge in [0, 0.05) is 13.5 Å². The third kappa shape index (κ3) is 4.23. The minimum atomic E-state index is -1.53. The summed E-state index contributed by atoms with van der Waals surface area (Å²) in [5, 5.41) is 12.5. The van der Waals surface area contributed by atoms with Crippen molar-refractivity contribution in [1.29, 1.82) is 0 Å². The Morgan fingerprint density at radius 2 is 1.88 bits per heavy atom. The topological polar surface area (TPSA) is 148 Å². The average Bonchev–Trinajstić information content (AvgIpc) is 3.61. The van der Waals surface area contributed by atoms with Gasteiger partial charge in [-0.05, 0) is 47.5 Å². The van der Waals surface area contributed by atoms with E-state index >= 15 is 0 Å². The van der Waals surface area contributed by atoms with Gasteiger partial charge in [0.1, 0.15) is 29.5 Å². The zero-order chi connectivity index (χ0) is 23.7. The fourth-order valence-corrected chi connectivity index (χ4v) is 5.47. The first-order valence-corrected chi connectivity index (χ1v) is 11.2. The Morgan fingerprint density at radius 1 is 1.25 bits per heavy atom. The molecule has 3 aliphatic heterocycles. The van der Waals surface area contributed by atoms with E-state index in [1.165, 1.54) is 13.8 Å². The number of amides is 2. The lowest BCUT2D eigenvalue weighted by molar-refractivity contribution is -0.127. The van der Waals surface area contributed by atoms with Gasteiger partial charge in [-0.15, -0.1) is 0 Å². The molecule has 0 bridgehead atoms. The van der Waals surface area contributed by atoms with E-state index in [0.717, 1.165) is 6.42 Å². The maximum absolute atomic E-state index is 12.6. The van der Waals surface area contributed by atoms with E-state index in [1.54, 1.807) is 7.11 Å². The molecule has 8 atom stereocenters. The van der Waals surface area contributed by atoms with Crippen molar-refractivity contribution in [2.45, 2.75) is 107 Å². The van der Waals surface area contributed by atoms with Crippen LogP contribution in [0.5, 0.6) is 0 Å². The number of aliphatic hydroxyl groups is 1. The third-order valence-corrected chi connectivity index (χ3v) is 7.60. The van der Waals surface area contributed by atoms with Crippen LogP contribution in [0.1, 0.15) is 53.9 Å². The van der Waals surface area contributed by atoms with Crippen molar-refractivity contribution < 1.29 is 38.4 Å². The number of rotatable bonds is 8. The number of primary amides is 1. The number of hydrogen-bond acceptors (Lipinski definition) is 8. The average molecular weight is 457 g/mol. The highest BCUT2D eigenvalue weighted by Crippen LogP contribution is 2.60. The molecular weight excluding hydrogens is 420 g/mol. The molecule has 4 aliphatic rings. The Hall–Kier alpha value is -1.46. The molecule has 1 spiro atoms. The lowest BCUT2D eigenvalue weighted by atomic mass is 9.68. The fourth-order valence-electron chi connectivity index (χ4n) is 5.47. The lowest BCUT2D eigenvalue weighted by Gasteiger charge is -2.42. The van der Waals surface area contributed by atoms with Crippen LogP contribution in [-0.4, -0.2) is 83.7 Å². The Balaban J connectivity index is 1.45. The number of carbonyl (C=O) groups is 2. The van der Waals surface area contributed by atoms with Crippen LogP contribution in [0.4, 0.5) is 4.79 Å². The second kappa shape index (κ2) is 7.53. The molecule has 1 saturated carbocycles. The number of alkyl carbamates (subject to hydrolysis) is 1. The Bertz CT molecular complexity index is 776. The van der Waals surface area contributed by atoms with Crippen LogP contribution >= 0.6 is 0 Å². The van der Waals surface area contributed by atoms with E-state index in [0.29, 0.717) is 19.4 Å². The molecule has 1 aliphatic carbocycles. The van der Waals surface area contributed by atoms with E-state index in [2.05, 4.69) is 26.1 Å². The summed E-state index contributed by atoms with van der Waals surface area (Å²) < 4.78 is 29.4. The van der Waals surface area contributed by atoms with Crippen molar-refractivity contribution in [3.63, 3.8) is 0 Å². The van der Waals surface area contributed by atoms with Crippen molar-refractivity contribution >= 4 is 12.0 Å². The standard InChI is InChI=1S/C22H36N2O8/c1-19(2,27)16(17(23)25)24-18(26)30-11-7-8-22(10-29-22)15(14(11)28-6)21(5)13(32-21)9-12-20(3,4)31-12/h11-16,27H,7-10H2,1-6H3,(H2,23,25)(H,24,26)/t11-,12+,13-,14-,15-,16+,21+,22+/m1/s1. The molecule has 0 aromatic heterocycles. The first-order valence-electron chi connectivity index (χ1n) is 11.2. The number of methoxy groups -OCH3 is 1. The van der Waals surface area contributed by atoms with Crippen molar-refractivity contribution in [3.8, 4) is 0 Å². The number of ether oxygens (including phenoxy) is 5. The molecule has 10 heteroatoms. The van der Waals surface area contributed by atoms with Crippen LogP contribution in [-0.2, 0) is 28.5 Å². The molecule has 0 unspecified atom stereocenters. The summed E-state index contributed by atoms with van der Waals surface area (Å²) in [6.45, 7) is 9.60. The number of hydrogen-bond donors (Lipinski definition) is 3. The van der Waals surface area contributed by atoms with Gasteiger partial charge in [-0.1, -0.05) is 0 Å². The molecule has 32 heavy (non-hydrogen) atoms. The fraction of sp³-hybridized carbons (Fsp3) is 0.909. The highest BCUT2D eigenvalue weighted by Gasteiger charge is 2.73. The predicted octanol–water partition coefficient (Wildman–Crippen LogP) is 0.625. The Morgan fingerprint density at radius 3 is 2.34 bits per heavy atom. The number of epoxide rings is 3. The summed E-state index contributed by atoms with van der Waals surface area (Å²) in [6.07, 6.45) is 0.383.